The molecule has 5 heteroatoms. The summed E-state index contributed by atoms with van der Waals surface area (Å²) in [6.45, 7) is 7.71. The minimum atomic E-state index is 0.598. The highest BCUT2D eigenvalue weighted by Gasteiger charge is 2.21. The first kappa shape index (κ1) is 18.5. The number of guanidine groups is 1. The zero-order chi connectivity index (χ0) is 16.5. The van der Waals surface area contributed by atoms with E-state index in [9.17, 15) is 0 Å². The molecule has 1 saturated heterocycles. The minimum absolute atomic E-state index is 0.598. The van der Waals surface area contributed by atoms with Gasteiger partial charge in [-0.05, 0) is 50.6 Å². The summed E-state index contributed by atoms with van der Waals surface area (Å²) >= 11 is 0. The Balaban J connectivity index is 1.64. The quantitative estimate of drug-likeness (QED) is 0.580. The van der Waals surface area contributed by atoms with E-state index in [2.05, 4.69) is 27.4 Å². The summed E-state index contributed by atoms with van der Waals surface area (Å²) in [6, 6.07) is 0.598. The van der Waals surface area contributed by atoms with Gasteiger partial charge in [-0.25, -0.2) is 0 Å². The van der Waals surface area contributed by atoms with Crippen molar-refractivity contribution in [2.24, 2.45) is 16.8 Å². The maximum Gasteiger partial charge on any atom is 0.191 e. The van der Waals surface area contributed by atoms with Gasteiger partial charge in [-0.15, -0.1) is 0 Å². The molecule has 2 N–H and O–H groups in total. The maximum atomic E-state index is 5.17. The van der Waals surface area contributed by atoms with E-state index in [-0.39, 0.29) is 0 Å². The Kier molecular flexibility index (Phi) is 8.17. The van der Waals surface area contributed by atoms with Gasteiger partial charge in [-0.1, -0.05) is 19.8 Å². The highest BCUT2D eigenvalue weighted by Crippen LogP contribution is 2.23. The first-order valence-corrected chi connectivity index (χ1v) is 9.39. The summed E-state index contributed by atoms with van der Waals surface area (Å²) in [7, 11) is 3.66. The van der Waals surface area contributed by atoms with Gasteiger partial charge in [0, 0.05) is 33.3 Å². The third kappa shape index (κ3) is 6.68. The Hall–Kier alpha value is -0.810. The third-order valence-corrected chi connectivity index (χ3v) is 5.38. The molecule has 1 saturated carbocycles. The first-order chi connectivity index (χ1) is 11.2. The monoisotopic (exact) mass is 324 g/mol. The molecule has 0 spiro atoms. The number of hydrogen-bond donors (Lipinski definition) is 2. The van der Waals surface area contributed by atoms with E-state index >= 15 is 0 Å². The molecule has 2 unspecified atom stereocenters. The molecule has 0 amide bonds. The average Bonchev–Trinajstić information content (AvgIpc) is 2.57. The summed E-state index contributed by atoms with van der Waals surface area (Å²) in [5.74, 6) is 2.60. The number of likely N-dealkylation sites (tertiary alicyclic amines) is 1. The molecule has 0 radical (unpaired) electrons. The topological polar surface area (TPSA) is 48.9 Å². The number of hydrogen-bond acceptors (Lipinski definition) is 3. The minimum Gasteiger partial charge on any atom is -0.383 e. The van der Waals surface area contributed by atoms with E-state index in [1.54, 1.807) is 7.11 Å². The van der Waals surface area contributed by atoms with Crippen LogP contribution in [0.5, 0.6) is 0 Å². The normalized spacial score (nSPS) is 27.9. The van der Waals surface area contributed by atoms with E-state index in [4.69, 9.17) is 4.74 Å². The van der Waals surface area contributed by atoms with Crippen molar-refractivity contribution in [3.63, 3.8) is 0 Å². The van der Waals surface area contributed by atoms with Crippen LogP contribution in [-0.4, -0.2) is 63.8 Å². The van der Waals surface area contributed by atoms with E-state index in [0.717, 1.165) is 37.5 Å². The van der Waals surface area contributed by atoms with Crippen molar-refractivity contribution in [2.45, 2.75) is 51.5 Å². The Morgan fingerprint density at radius 2 is 2.00 bits per heavy atom. The highest BCUT2D eigenvalue weighted by atomic mass is 16.5. The Labute approximate surface area is 142 Å². The lowest BCUT2D eigenvalue weighted by Gasteiger charge is -2.33. The smallest absolute Gasteiger partial charge is 0.191 e. The maximum absolute atomic E-state index is 5.17. The lowest BCUT2D eigenvalue weighted by Crippen LogP contribution is -2.47. The number of aliphatic imine (C=N–C) groups is 1. The van der Waals surface area contributed by atoms with Crippen molar-refractivity contribution in [2.75, 3.05) is 46.9 Å². The number of nitrogens with zero attached hydrogens (tertiary/aromatic N) is 2. The van der Waals surface area contributed by atoms with Gasteiger partial charge in [0.15, 0.2) is 5.96 Å². The molecular weight excluding hydrogens is 288 g/mol. The van der Waals surface area contributed by atoms with Crippen LogP contribution in [0.3, 0.4) is 0 Å². The van der Waals surface area contributed by atoms with Crippen molar-refractivity contribution in [3.8, 4) is 0 Å². The van der Waals surface area contributed by atoms with Crippen LogP contribution in [0.1, 0.15) is 45.4 Å². The molecule has 1 aliphatic carbocycles. The van der Waals surface area contributed by atoms with Gasteiger partial charge in [0.1, 0.15) is 0 Å². The van der Waals surface area contributed by atoms with Crippen molar-refractivity contribution >= 4 is 5.96 Å². The van der Waals surface area contributed by atoms with Gasteiger partial charge in [-0.2, -0.15) is 0 Å². The van der Waals surface area contributed by atoms with E-state index in [1.165, 1.54) is 51.6 Å². The zero-order valence-corrected chi connectivity index (χ0v) is 15.3. The highest BCUT2D eigenvalue weighted by molar-refractivity contribution is 5.79. The van der Waals surface area contributed by atoms with E-state index < -0.39 is 0 Å². The van der Waals surface area contributed by atoms with Gasteiger partial charge >= 0.3 is 0 Å². The first-order valence-electron chi connectivity index (χ1n) is 9.39. The molecule has 134 valence electrons. The number of piperidine rings is 1. The molecule has 0 bridgehead atoms. The molecular formula is C18H36N4O. The lowest BCUT2D eigenvalue weighted by atomic mass is 9.87. The van der Waals surface area contributed by atoms with Gasteiger partial charge in [0.05, 0.1) is 6.61 Å². The van der Waals surface area contributed by atoms with E-state index in [1.807, 2.05) is 7.05 Å². The van der Waals surface area contributed by atoms with Crippen molar-refractivity contribution in [3.05, 3.63) is 0 Å². The summed E-state index contributed by atoms with van der Waals surface area (Å²) in [5, 5.41) is 7.18. The molecule has 1 heterocycles. The van der Waals surface area contributed by atoms with Crippen LogP contribution in [0, 0.1) is 11.8 Å². The summed E-state index contributed by atoms with van der Waals surface area (Å²) in [6.07, 6.45) is 7.82. The van der Waals surface area contributed by atoms with Crippen LogP contribution in [0.15, 0.2) is 4.99 Å². The number of ether oxygens (including phenoxy) is 1. The third-order valence-electron chi connectivity index (χ3n) is 5.38. The van der Waals surface area contributed by atoms with Crippen LogP contribution < -0.4 is 10.6 Å². The van der Waals surface area contributed by atoms with Crippen LogP contribution in [0.25, 0.3) is 0 Å². The molecule has 23 heavy (non-hydrogen) atoms. The molecule has 0 aromatic heterocycles. The van der Waals surface area contributed by atoms with Crippen molar-refractivity contribution in [1.29, 1.82) is 0 Å². The standard InChI is InChI=1S/C18H36N4O/c1-15-5-4-6-17(13-15)21-18(19-2)20-14-16-7-9-22(10-8-16)11-12-23-3/h15-17H,4-14H2,1-3H3,(H2,19,20,21). The zero-order valence-electron chi connectivity index (χ0n) is 15.3. The summed E-state index contributed by atoms with van der Waals surface area (Å²) in [5.41, 5.74) is 0. The SMILES string of the molecule is CN=C(NCC1CCN(CCOC)CC1)NC1CCCC(C)C1. The number of rotatable bonds is 6. The average molecular weight is 325 g/mol. The fourth-order valence-corrected chi connectivity index (χ4v) is 3.83. The van der Waals surface area contributed by atoms with Gasteiger partial charge in [-0.3, -0.25) is 4.99 Å². The fourth-order valence-electron chi connectivity index (χ4n) is 3.83. The fraction of sp³-hybridized carbons (Fsp3) is 0.944. The molecule has 2 fully saturated rings. The van der Waals surface area contributed by atoms with Gasteiger partial charge < -0.3 is 20.3 Å². The van der Waals surface area contributed by atoms with Crippen molar-refractivity contribution in [1.82, 2.24) is 15.5 Å². The van der Waals surface area contributed by atoms with Crippen LogP contribution in [-0.2, 0) is 4.74 Å². The van der Waals surface area contributed by atoms with Crippen LogP contribution >= 0.6 is 0 Å². The largest absolute Gasteiger partial charge is 0.383 e. The van der Waals surface area contributed by atoms with Crippen LogP contribution in [0.4, 0.5) is 0 Å². The molecule has 2 rings (SSSR count). The predicted molar refractivity (Wildman–Crippen MR) is 97.0 cm³/mol. The number of nitrogens with one attached hydrogen (secondary N) is 2. The van der Waals surface area contributed by atoms with Crippen molar-refractivity contribution < 1.29 is 4.74 Å². The Morgan fingerprint density at radius 3 is 2.65 bits per heavy atom. The van der Waals surface area contributed by atoms with Gasteiger partial charge in [0.2, 0.25) is 0 Å². The summed E-state index contributed by atoms with van der Waals surface area (Å²) in [4.78, 5) is 6.92. The molecule has 0 aromatic rings. The van der Waals surface area contributed by atoms with E-state index in [0.29, 0.717) is 6.04 Å². The van der Waals surface area contributed by atoms with Crippen LogP contribution in [0.2, 0.25) is 0 Å². The molecule has 2 atom stereocenters. The number of methoxy groups -OCH3 is 1. The second-order valence-electron chi connectivity index (χ2n) is 7.34. The lowest BCUT2D eigenvalue weighted by molar-refractivity contribution is 0.120. The predicted octanol–water partition coefficient (Wildman–Crippen LogP) is 2.09. The molecule has 2 aliphatic rings. The Bertz CT molecular complexity index is 353. The van der Waals surface area contributed by atoms with Gasteiger partial charge in [0.25, 0.3) is 0 Å². The molecule has 0 aromatic carbocycles. The Morgan fingerprint density at radius 1 is 1.22 bits per heavy atom. The molecule has 1 aliphatic heterocycles. The second-order valence-corrected chi connectivity index (χ2v) is 7.34. The second kappa shape index (κ2) is 10.1. The molecule has 5 nitrogen and oxygen atoms in total. The summed E-state index contributed by atoms with van der Waals surface area (Å²) < 4.78 is 5.17.